The number of hydrogen-bond donors (Lipinski definition) is 4. The maximum atomic E-state index is 13.9. The first-order chi connectivity index (χ1) is 26.0. The number of fused-ring (bicyclic) bond motifs is 3. The van der Waals surface area contributed by atoms with Crippen LogP contribution in [0.25, 0.3) is 33.4 Å². The van der Waals surface area contributed by atoms with Crippen LogP contribution in [-0.2, 0) is 19.1 Å². The monoisotopic (exact) mass is 738 g/mol. The zero-order valence-corrected chi connectivity index (χ0v) is 31.7. The Morgan fingerprint density at radius 1 is 0.796 bits per heavy atom. The van der Waals surface area contributed by atoms with E-state index in [1.807, 2.05) is 55.8 Å². The number of nitrogens with one attached hydrogen (secondary N) is 4. The Kier molecular flexibility index (Phi) is 10.4. The van der Waals surface area contributed by atoms with Gasteiger partial charge in [-0.25, -0.2) is 19.6 Å². The third-order valence-electron chi connectivity index (χ3n) is 11.4. The summed E-state index contributed by atoms with van der Waals surface area (Å²) < 4.78 is 9.58. The minimum absolute atomic E-state index is 0.0991. The largest absolute Gasteiger partial charge is 0.453 e. The number of imidazole rings is 2. The third kappa shape index (κ3) is 7.01. The van der Waals surface area contributed by atoms with Crippen molar-refractivity contribution in [2.45, 2.75) is 90.0 Å². The minimum atomic E-state index is -0.693. The van der Waals surface area contributed by atoms with Gasteiger partial charge in [-0.05, 0) is 78.7 Å². The molecule has 2 bridgehead atoms. The number of aromatic nitrogens is 4. The number of ether oxygens (including phenoxy) is 2. The molecule has 4 aromatic rings. The second kappa shape index (κ2) is 15.2. The van der Waals surface area contributed by atoms with Gasteiger partial charge in [-0.1, -0.05) is 58.0 Å². The molecule has 3 aliphatic rings. The number of piperidine rings is 1. The Bertz CT molecular complexity index is 2020. The molecule has 4 N–H and O–H groups in total. The highest BCUT2D eigenvalue weighted by Crippen LogP contribution is 2.50. The maximum absolute atomic E-state index is 13.9. The fourth-order valence-corrected chi connectivity index (χ4v) is 8.55. The van der Waals surface area contributed by atoms with Crippen LogP contribution in [0.3, 0.4) is 0 Å². The molecule has 2 aliphatic heterocycles. The molecule has 7 rings (SSSR count). The zero-order valence-electron chi connectivity index (χ0n) is 31.7. The molecular weight excluding hydrogens is 688 g/mol. The molecule has 4 amide bonds. The number of rotatable bonds is 10. The van der Waals surface area contributed by atoms with E-state index in [2.05, 4.69) is 50.9 Å². The molecule has 1 saturated carbocycles. The van der Waals surface area contributed by atoms with Crippen LogP contribution in [0.1, 0.15) is 83.5 Å². The van der Waals surface area contributed by atoms with Gasteiger partial charge in [-0.2, -0.15) is 0 Å². The number of amides is 4. The molecule has 3 fully saturated rings. The Morgan fingerprint density at radius 3 is 2.11 bits per heavy atom. The van der Waals surface area contributed by atoms with E-state index in [1.54, 1.807) is 0 Å². The lowest BCUT2D eigenvalue weighted by molar-refractivity contribution is -0.139. The number of H-pyrrole nitrogens is 2. The second-order valence-corrected chi connectivity index (χ2v) is 15.4. The van der Waals surface area contributed by atoms with Crippen molar-refractivity contribution in [3.05, 3.63) is 60.3 Å². The number of carbonyl (C=O) groups excluding carboxylic acids is 4. The normalized spacial score (nSPS) is 21.9. The Hall–Kier alpha value is -5.40. The van der Waals surface area contributed by atoms with Gasteiger partial charge < -0.3 is 39.9 Å². The Morgan fingerprint density at radius 2 is 1.44 bits per heavy atom. The van der Waals surface area contributed by atoms with Gasteiger partial charge in [0.1, 0.15) is 23.7 Å². The van der Waals surface area contributed by atoms with Crippen molar-refractivity contribution in [1.82, 2.24) is 40.4 Å². The summed E-state index contributed by atoms with van der Waals surface area (Å²) >= 11 is 0. The molecule has 1 aliphatic carbocycles. The van der Waals surface area contributed by atoms with Crippen molar-refractivity contribution in [3.63, 3.8) is 0 Å². The molecule has 6 atom stereocenters. The summed E-state index contributed by atoms with van der Waals surface area (Å²) in [5, 5.41) is 5.45. The molecule has 14 heteroatoms. The summed E-state index contributed by atoms with van der Waals surface area (Å²) in [4.78, 5) is 72.0. The van der Waals surface area contributed by atoms with Crippen LogP contribution in [0.5, 0.6) is 0 Å². The van der Waals surface area contributed by atoms with Gasteiger partial charge in [0.15, 0.2) is 0 Å². The van der Waals surface area contributed by atoms with E-state index in [9.17, 15) is 19.2 Å². The molecule has 2 aromatic carbocycles. The van der Waals surface area contributed by atoms with Crippen molar-refractivity contribution in [2.24, 2.45) is 17.8 Å². The molecule has 2 aromatic heterocycles. The summed E-state index contributed by atoms with van der Waals surface area (Å²) in [5.41, 5.74) is 5.59. The number of nitrogens with zero attached hydrogens (tertiary/aromatic N) is 4. The minimum Gasteiger partial charge on any atom is -0.453 e. The Balaban J connectivity index is 1.07. The number of hydrogen-bond acceptors (Lipinski definition) is 8. The van der Waals surface area contributed by atoms with Crippen LogP contribution in [0.4, 0.5) is 9.59 Å². The van der Waals surface area contributed by atoms with E-state index in [0.29, 0.717) is 12.5 Å². The predicted octanol–water partition coefficient (Wildman–Crippen LogP) is 6.10. The smallest absolute Gasteiger partial charge is 0.407 e. The van der Waals surface area contributed by atoms with Crippen molar-refractivity contribution in [3.8, 4) is 22.4 Å². The van der Waals surface area contributed by atoms with Crippen LogP contribution in [-0.4, -0.2) is 92.6 Å². The van der Waals surface area contributed by atoms with Crippen LogP contribution in [0, 0.1) is 17.8 Å². The van der Waals surface area contributed by atoms with Gasteiger partial charge in [-0.15, -0.1) is 0 Å². The van der Waals surface area contributed by atoms with E-state index in [0.717, 1.165) is 77.2 Å². The molecule has 54 heavy (non-hydrogen) atoms. The molecular formula is C40H50N8O6. The van der Waals surface area contributed by atoms with Gasteiger partial charge in [0.2, 0.25) is 11.8 Å². The first-order valence-electron chi connectivity index (χ1n) is 18.9. The van der Waals surface area contributed by atoms with Crippen molar-refractivity contribution >= 4 is 35.0 Å². The quantitative estimate of drug-likeness (QED) is 0.151. The molecule has 0 spiro atoms. The lowest BCUT2D eigenvalue weighted by Gasteiger charge is -2.37. The standard InChI is InChI=1S/C40H50N8O6/c1-21(2)32(45-39(51)53-5)37(49)47-17-7-8-31(47)35-42-28-16-14-25(19-29(28)43-35)23-9-11-24(12-10-23)30-20-41-36(44-30)34-26-13-15-27(18-26)48(34)38(50)33(22(3)4)46-40(52)54-6/h9-12,14,16,19-22,26-27,31-34H,7-8,13,15,17-18H2,1-6H3,(H,41,44)(H,42,43)(H,45,51)(H,46,52)/t26-,27+,31-,32-,33-,34-/m0/s1. The number of aromatic amines is 2. The fraction of sp³-hybridized carbons (Fsp3) is 0.500. The first-order valence-corrected chi connectivity index (χ1v) is 18.9. The van der Waals surface area contributed by atoms with E-state index < -0.39 is 24.3 Å². The van der Waals surface area contributed by atoms with E-state index in [4.69, 9.17) is 19.4 Å². The zero-order chi connectivity index (χ0) is 38.3. The van der Waals surface area contributed by atoms with Gasteiger partial charge in [0.25, 0.3) is 0 Å². The van der Waals surface area contributed by atoms with Crippen LogP contribution in [0.2, 0.25) is 0 Å². The Labute approximate surface area is 314 Å². The van der Waals surface area contributed by atoms with Crippen molar-refractivity contribution in [2.75, 3.05) is 20.8 Å². The lowest BCUT2D eigenvalue weighted by Crippen LogP contribution is -2.54. The summed E-state index contributed by atoms with van der Waals surface area (Å²) in [6, 6.07) is 12.7. The maximum Gasteiger partial charge on any atom is 0.407 e. The molecule has 2 saturated heterocycles. The number of likely N-dealkylation sites (tertiary alicyclic amines) is 2. The predicted molar refractivity (Wildman–Crippen MR) is 202 cm³/mol. The topological polar surface area (TPSA) is 175 Å². The number of benzene rings is 2. The number of methoxy groups -OCH3 is 2. The van der Waals surface area contributed by atoms with E-state index in [1.165, 1.54) is 14.2 Å². The fourth-order valence-electron chi connectivity index (χ4n) is 8.55. The average Bonchev–Trinajstić information content (AvgIpc) is 4.02. The van der Waals surface area contributed by atoms with Gasteiger partial charge in [0.05, 0.1) is 49.2 Å². The average molecular weight is 739 g/mol. The summed E-state index contributed by atoms with van der Waals surface area (Å²) in [6.45, 7) is 8.24. The molecule has 0 radical (unpaired) electrons. The highest BCUT2D eigenvalue weighted by molar-refractivity contribution is 5.88. The molecule has 14 nitrogen and oxygen atoms in total. The van der Waals surface area contributed by atoms with Crippen LogP contribution in [0.15, 0.2) is 48.7 Å². The van der Waals surface area contributed by atoms with Crippen LogP contribution < -0.4 is 10.6 Å². The number of carbonyl (C=O) groups is 4. The SMILES string of the molecule is COC(=O)N[C@H](C(=O)N1CCC[C@H]1c1nc2ccc(-c3ccc(-c4cnc([C@@H]5[C@H]6CC[C@H](C6)N5C(=O)[C@@H](NC(=O)OC)C(C)C)[nH]4)cc3)cc2[nH]1)C(C)C. The van der Waals surface area contributed by atoms with Crippen molar-refractivity contribution < 1.29 is 28.7 Å². The highest BCUT2D eigenvalue weighted by Gasteiger charge is 2.51. The summed E-state index contributed by atoms with van der Waals surface area (Å²) in [7, 11) is 2.59. The first kappa shape index (κ1) is 36.9. The summed E-state index contributed by atoms with van der Waals surface area (Å²) in [6.07, 6.45) is 5.12. The highest BCUT2D eigenvalue weighted by atomic mass is 16.5. The van der Waals surface area contributed by atoms with E-state index >= 15 is 0 Å². The number of alkyl carbamates (subject to hydrolysis) is 2. The van der Waals surface area contributed by atoms with Crippen LogP contribution >= 0.6 is 0 Å². The summed E-state index contributed by atoms with van der Waals surface area (Å²) in [5.74, 6) is 1.35. The molecule has 4 heterocycles. The molecule has 286 valence electrons. The second-order valence-electron chi connectivity index (χ2n) is 15.4. The molecule has 0 unspecified atom stereocenters. The van der Waals surface area contributed by atoms with Gasteiger partial charge in [0, 0.05) is 12.6 Å². The van der Waals surface area contributed by atoms with Crippen molar-refractivity contribution in [1.29, 1.82) is 0 Å². The lowest BCUT2D eigenvalue weighted by atomic mass is 9.95. The van der Waals surface area contributed by atoms with Gasteiger partial charge >= 0.3 is 12.2 Å². The van der Waals surface area contributed by atoms with Gasteiger partial charge in [-0.3, -0.25) is 9.59 Å². The third-order valence-corrected chi connectivity index (χ3v) is 11.4. The van der Waals surface area contributed by atoms with E-state index in [-0.39, 0.29) is 41.8 Å².